The second-order valence-corrected chi connectivity index (χ2v) is 7.09. The topological polar surface area (TPSA) is 9.23 Å². The standard InChI is InChI=1S/C14H16OS2/c1-15-11-8-6-10(7-9-11)14-16-12-4-2-3-5-13(12)17-14/h6-9,14H,2-5H2,1H3. The van der Waals surface area contributed by atoms with Crippen LogP contribution < -0.4 is 4.74 Å². The highest BCUT2D eigenvalue weighted by atomic mass is 32.2. The summed E-state index contributed by atoms with van der Waals surface area (Å²) in [4.78, 5) is 3.31. The summed E-state index contributed by atoms with van der Waals surface area (Å²) in [6.07, 6.45) is 5.36. The third-order valence-electron chi connectivity index (χ3n) is 3.26. The van der Waals surface area contributed by atoms with Crippen LogP contribution in [-0.2, 0) is 0 Å². The van der Waals surface area contributed by atoms with Crippen LogP contribution in [0.2, 0.25) is 0 Å². The lowest BCUT2D eigenvalue weighted by Crippen LogP contribution is -1.89. The molecule has 0 aromatic heterocycles. The van der Waals surface area contributed by atoms with E-state index in [0.717, 1.165) is 5.75 Å². The number of rotatable bonds is 2. The van der Waals surface area contributed by atoms with Crippen LogP contribution >= 0.6 is 23.5 Å². The molecule has 0 radical (unpaired) electrons. The Kier molecular flexibility index (Phi) is 3.39. The lowest BCUT2D eigenvalue weighted by Gasteiger charge is -2.10. The van der Waals surface area contributed by atoms with Gasteiger partial charge >= 0.3 is 0 Å². The van der Waals surface area contributed by atoms with Crippen LogP contribution in [0.1, 0.15) is 35.8 Å². The molecule has 0 bridgehead atoms. The summed E-state index contributed by atoms with van der Waals surface area (Å²) in [7, 11) is 1.72. The number of benzene rings is 1. The number of methoxy groups -OCH3 is 1. The van der Waals surface area contributed by atoms with Gasteiger partial charge in [-0.15, -0.1) is 23.5 Å². The normalized spacial score (nSPS) is 20.5. The molecule has 2 aliphatic rings. The molecule has 1 aliphatic heterocycles. The molecular weight excluding hydrogens is 248 g/mol. The molecule has 90 valence electrons. The molecule has 0 saturated heterocycles. The van der Waals surface area contributed by atoms with E-state index in [9.17, 15) is 0 Å². The molecule has 17 heavy (non-hydrogen) atoms. The van der Waals surface area contributed by atoms with Gasteiger partial charge in [0.05, 0.1) is 11.7 Å². The zero-order valence-electron chi connectivity index (χ0n) is 9.94. The molecular formula is C14H16OS2. The Morgan fingerprint density at radius 3 is 2.12 bits per heavy atom. The fraction of sp³-hybridized carbons (Fsp3) is 0.429. The lowest BCUT2D eigenvalue weighted by atomic mass is 10.1. The average molecular weight is 264 g/mol. The predicted molar refractivity (Wildman–Crippen MR) is 76.4 cm³/mol. The van der Waals surface area contributed by atoms with Crippen molar-refractivity contribution in [2.75, 3.05) is 7.11 Å². The van der Waals surface area contributed by atoms with Crippen LogP contribution in [0.4, 0.5) is 0 Å². The first-order chi connectivity index (χ1) is 8.36. The fourth-order valence-electron chi connectivity index (χ4n) is 2.28. The van der Waals surface area contributed by atoms with Crippen LogP contribution in [-0.4, -0.2) is 7.11 Å². The van der Waals surface area contributed by atoms with Gasteiger partial charge in [-0.3, -0.25) is 0 Å². The second-order valence-electron chi connectivity index (χ2n) is 4.39. The van der Waals surface area contributed by atoms with E-state index in [1.165, 1.54) is 31.2 Å². The first-order valence-electron chi connectivity index (χ1n) is 6.06. The van der Waals surface area contributed by atoms with E-state index in [1.54, 1.807) is 16.9 Å². The minimum Gasteiger partial charge on any atom is -0.497 e. The maximum absolute atomic E-state index is 5.20. The van der Waals surface area contributed by atoms with Crippen molar-refractivity contribution in [2.45, 2.75) is 30.3 Å². The molecule has 1 aliphatic carbocycles. The van der Waals surface area contributed by atoms with Gasteiger partial charge in [0.1, 0.15) is 5.75 Å². The van der Waals surface area contributed by atoms with E-state index in [4.69, 9.17) is 4.74 Å². The molecule has 1 aromatic rings. The van der Waals surface area contributed by atoms with E-state index in [0.29, 0.717) is 4.58 Å². The van der Waals surface area contributed by atoms with Crippen LogP contribution in [0.5, 0.6) is 5.75 Å². The molecule has 0 spiro atoms. The maximum Gasteiger partial charge on any atom is 0.118 e. The van der Waals surface area contributed by atoms with Crippen LogP contribution in [0.25, 0.3) is 0 Å². The van der Waals surface area contributed by atoms with Crippen LogP contribution in [0.3, 0.4) is 0 Å². The SMILES string of the molecule is COc1ccc(C2SC3=C(CCCC3)S2)cc1. The summed E-state index contributed by atoms with van der Waals surface area (Å²) in [6.45, 7) is 0. The molecule has 3 rings (SSSR count). The van der Waals surface area contributed by atoms with Crippen molar-refractivity contribution in [2.24, 2.45) is 0 Å². The summed E-state index contributed by atoms with van der Waals surface area (Å²) in [5.41, 5.74) is 1.41. The van der Waals surface area contributed by atoms with Gasteiger partial charge in [0.25, 0.3) is 0 Å². The Bertz CT molecular complexity index is 418. The van der Waals surface area contributed by atoms with Crippen LogP contribution in [0.15, 0.2) is 34.1 Å². The first kappa shape index (κ1) is 11.5. The molecule has 1 aromatic carbocycles. The monoisotopic (exact) mass is 264 g/mol. The smallest absolute Gasteiger partial charge is 0.118 e. The molecule has 0 atom stereocenters. The molecule has 1 nitrogen and oxygen atoms in total. The molecule has 0 N–H and O–H groups in total. The molecule has 0 saturated carbocycles. The Morgan fingerprint density at radius 1 is 1.00 bits per heavy atom. The summed E-state index contributed by atoms with van der Waals surface area (Å²) in [5.74, 6) is 0.944. The zero-order chi connectivity index (χ0) is 11.7. The quantitative estimate of drug-likeness (QED) is 0.747. The number of thioether (sulfide) groups is 2. The summed E-state index contributed by atoms with van der Waals surface area (Å²) < 4.78 is 5.78. The average Bonchev–Trinajstić information content (AvgIpc) is 2.82. The molecule has 1 heterocycles. The van der Waals surface area contributed by atoms with E-state index < -0.39 is 0 Å². The van der Waals surface area contributed by atoms with Crippen molar-refractivity contribution in [3.8, 4) is 5.75 Å². The minimum absolute atomic E-state index is 0.573. The van der Waals surface area contributed by atoms with Crippen molar-refractivity contribution >= 4 is 23.5 Å². The summed E-state index contributed by atoms with van der Waals surface area (Å²) in [5, 5.41) is 0. The van der Waals surface area contributed by atoms with Crippen LogP contribution in [0, 0.1) is 0 Å². The van der Waals surface area contributed by atoms with E-state index in [1.807, 2.05) is 0 Å². The molecule has 0 unspecified atom stereocenters. The van der Waals surface area contributed by atoms with E-state index in [2.05, 4.69) is 47.8 Å². The van der Waals surface area contributed by atoms with Gasteiger partial charge < -0.3 is 4.74 Å². The predicted octanol–water partition coefficient (Wildman–Crippen LogP) is 4.96. The Morgan fingerprint density at radius 2 is 1.59 bits per heavy atom. The van der Waals surface area contributed by atoms with Gasteiger partial charge in [0.2, 0.25) is 0 Å². The maximum atomic E-state index is 5.20. The van der Waals surface area contributed by atoms with Crippen molar-refractivity contribution in [3.63, 3.8) is 0 Å². The van der Waals surface area contributed by atoms with Crippen molar-refractivity contribution in [1.29, 1.82) is 0 Å². The summed E-state index contributed by atoms with van der Waals surface area (Å²) in [6, 6.07) is 8.52. The van der Waals surface area contributed by atoms with Gasteiger partial charge in [-0.1, -0.05) is 12.1 Å². The third-order valence-corrected chi connectivity index (χ3v) is 6.40. The van der Waals surface area contributed by atoms with Crippen molar-refractivity contribution in [3.05, 3.63) is 39.6 Å². The van der Waals surface area contributed by atoms with Gasteiger partial charge in [-0.2, -0.15) is 0 Å². The van der Waals surface area contributed by atoms with Crippen molar-refractivity contribution in [1.82, 2.24) is 0 Å². The van der Waals surface area contributed by atoms with E-state index >= 15 is 0 Å². The largest absolute Gasteiger partial charge is 0.497 e. The Balaban J connectivity index is 1.74. The van der Waals surface area contributed by atoms with E-state index in [-0.39, 0.29) is 0 Å². The molecule has 0 fully saturated rings. The molecule has 0 amide bonds. The van der Waals surface area contributed by atoms with Crippen molar-refractivity contribution < 1.29 is 4.74 Å². The first-order valence-corrected chi connectivity index (χ1v) is 7.82. The Labute approximate surface area is 111 Å². The lowest BCUT2D eigenvalue weighted by molar-refractivity contribution is 0.414. The zero-order valence-corrected chi connectivity index (χ0v) is 11.6. The summed E-state index contributed by atoms with van der Waals surface area (Å²) >= 11 is 4.13. The highest BCUT2D eigenvalue weighted by Gasteiger charge is 2.28. The van der Waals surface area contributed by atoms with Gasteiger partial charge in [-0.25, -0.2) is 0 Å². The number of allylic oxidation sites excluding steroid dienone is 2. The number of hydrogen-bond donors (Lipinski definition) is 0. The highest BCUT2D eigenvalue weighted by Crippen LogP contribution is 2.59. The second kappa shape index (κ2) is 4.99. The highest BCUT2D eigenvalue weighted by molar-refractivity contribution is 8.22. The number of hydrogen-bond acceptors (Lipinski definition) is 3. The third kappa shape index (κ3) is 2.36. The molecule has 3 heteroatoms. The van der Waals surface area contributed by atoms with Gasteiger partial charge in [0.15, 0.2) is 0 Å². The minimum atomic E-state index is 0.573. The number of ether oxygens (including phenoxy) is 1. The fourth-order valence-corrected chi connectivity index (χ4v) is 5.55. The van der Waals surface area contributed by atoms with Gasteiger partial charge in [0, 0.05) is 0 Å². The van der Waals surface area contributed by atoms with Gasteiger partial charge in [-0.05, 0) is 53.2 Å². The Hall–Kier alpha value is -0.540.